The van der Waals surface area contributed by atoms with Crippen LogP contribution in [0.25, 0.3) is 0 Å². The number of carboxylic acids is 1. The molecule has 0 aliphatic carbocycles. The Morgan fingerprint density at radius 2 is 1.82 bits per heavy atom. The van der Waals surface area contributed by atoms with E-state index in [1.165, 1.54) is 6.92 Å². The smallest absolute Gasteiger partial charge is 0.327 e. The van der Waals surface area contributed by atoms with Crippen molar-refractivity contribution in [3.63, 3.8) is 0 Å². The zero-order valence-corrected chi connectivity index (χ0v) is 10.2. The van der Waals surface area contributed by atoms with E-state index in [4.69, 9.17) is 4.74 Å². The maximum Gasteiger partial charge on any atom is 0.327 e. The molecule has 0 aliphatic heterocycles. The largest absolute Gasteiger partial charge is 0.480 e. The van der Waals surface area contributed by atoms with Gasteiger partial charge in [0.25, 0.3) is 0 Å². The van der Waals surface area contributed by atoms with Gasteiger partial charge in [0.05, 0.1) is 6.61 Å². The van der Waals surface area contributed by atoms with Crippen molar-refractivity contribution >= 4 is 11.9 Å². The first-order valence-electron chi connectivity index (χ1n) is 5.40. The van der Waals surface area contributed by atoms with E-state index in [0.717, 1.165) is 5.56 Å². The summed E-state index contributed by atoms with van der Waals surface area (Å²) in [4.78, 5) is 23.1. The molecule has 4 nitrogen and oxygen atoms in total. The summed E-state index contributed by atoms with van der Waals surface area (Å²) in [5, 5.41) is 9.25. The van der Waals surface area contributed by atoms with Crippen molar-refractivity contribution in [2.24, 2.45) is 0 Å². The van der Waals surface area contributed by atoms with E-state index in [0.29, 0.717) is 5.56 Å². The van der Waals surface area contributed by atoms with Gasteiger partial charge >= 0.3 is 11.9 Å². The SMILES string of the molecule is CCOC(=O)[C@@](C)(C(=O)O)c1ccc(C)cc1. The number of rotatable bonds is 4. The number of carbonyl (C=O) groups is 2. The Morgan fingerprint density at radius 3 is 2.24 bits per heavy atom. The summed E-state index contributed by atoms with van der Waals surface area (Å²) in [6, 6.07) is 6.83. The summed E-state index contributed by atoms with van der Waals surface area (Å²) in [6.45, 7) is 5.06. The highest BCUT2D eigenvalue weighted by Gasteiger charge is 2.44. The number of carbonyl (C=O) groups excluding carboxylic acids is 1. The van der Waals surface area contributed by atoms with E-state index in [9.17, 15) is 14.7 Å². The van der Waals surface area contributed by atoms with E-state index in [1.54, 1.807) is 31.2 Å². The molecule has 17 heavy (non-hydrogen) atoms. The van der Waals surface area contributed by atoms with Crippen LogP contribution in [0.5, 0.6) is 0 Å². The lowest BCUT2D eigenvalue weighted by molar-refractivity contribution is -0.160. The van der Waals surface area contributed by atoms with E-state index in [-0.39, 0.29) is 6.61 Å². The Morgan fingerprint density at radius 1 is 1.29 bits per heavy atom. The van der Waals surface area contributed by atoms with E-state index >= 15 is 0 Å². The molecular weight excluding hydrogens is 220 g/mol. The number of ether oxygens (including phenoxy) is 1. The monoisotopic (exact) mass is 236 g/mol. The lowest BCUT2D eigenvalue weighted by Crippen LogP contribution is -2.42. The Hall–Kier alpha value is -1.84. The van der Waals surface area contributed by atoms with E-state index in [2.05, 4.69) is 0 Å². The van der Waals surface area contributed by atoms with Crippen molar-refractivity contribution in [1.29, 1.82) is 0 Å². The normalized spacial score (nSPS) is 13.8. The number of hydrogen-bond acceptors (Lipinski definition) is 3. The van der Waals surface area contributed by atoms with Crippen molar-refractivity contribution in [3.8, 4) is 0 Å². The van der Waals surface area contributed by atoms with Crippen LogP contribution in [0.2, 0.25) is 0 Å². The summed E-state index contributed by atoms with van der Waals surface area (Å²) in [6.07, 6.45) is 0. The molecule has 0 radical (unpaired) electrons. The Kier molecular flexibility index (Phi) is 3.89. The molecule has 0 fully saturated rings. The fourth-order valence-corrected chi connectivity index (χ4v) is 1.49. The molecule has 1 aromatic rings. The molecule has 92 valence electrons. The van der Waals surface area contributed by atoms with Crippen LogP contribution in [0.3, 0.4) is 0 Å². The van der Waals surface area contributed by atoms with Crippen LogP contribution >= 0.6 is 0 Å². The fraction of sp³-hybridized carbons (Fsp3) is 0.385. The lowest BCUT2D eigenvalue weighted by Gasteiger charge is -2.23. The molecule has 0 saturated carbocycles. The molecule has 0 amide bonds. The van der Waals surface area contributed by atoms with Gasteiger partial charge in [-0.3, -0.25) is 9.59 Å². The third-order valence-corrected chi connectivity index (χ3v) is 2.74. The number of esters is 1. The van der Waals surface area contributed by atoms with Crippen LogP contribution in [0.15, 0.2) is 24.3 Å². The summed E-state index contributed by atoms with van der Waals surface area (Å²) in [5.41, 5.74) is -0.219. The Bertz CT molecular complexity index is 422. The second-order valence-corrected chi connectivity index (χ2v) is 4.02. The highest BCUT2D eigenvalue weighted by molar-refractivity contribution is 6.05. The van der Waals surface area contributed by atoms with Crippen LogP contribution in [-0.2, 0) is 19.7 Å². The molecule has 1 N–H and O–H groups in total. The predicted molar refractivity (Wildman–Crippen MR) is 62.8 cm³/mol. The quantitative estimate of drug-likeness (QED) is 0.640. The van der Waals surface area contributed by atoms with Gasteiger partial charge in [-0.05, 0) is 26.3 Å². The summed E-state index contributed by atoms with van der Waals surface area (Å²) in [7, 11) is 0. The number of hydrogen-bond donors (Lipinski definition) is 1. The van der Waals surface area contributed by atoms with Crippen molar-refractivity contribution in [2.75, 3.05) is 6.61 Å². The minimum atomic E-state index is -1.65. The van der Waals surface area contributed by atoms with Gasteiger partial charge in [-0.2, -0.15) is 0 Å². The third-order valence-electron chi connectivity index (χ3n) is 2.74. The summed E-state index contributed by atoms with van der Waals surface area (Å²) < 4.78 is 4.83. The molecule has 1 atom stereocenters. The van der Waals surface area contributed by atoms with Gasteiger partial charge in [-0.15, -0.1) is 0 Å². The molecule has 0 spiro atoms. The van der Waals surface area contributed by atoms with Gasteiger partial charge in [0.2, 0.25) is 0 Å². The molecule has 1 rings (SSSR count). The standard InChI is InChI=1S/C13H16O4/c1-4-17-12(16)13(3,11(14)15)10-7-5-9(2)6-8-10/h5-8H,4H2,1-3H3,(H,14,15)/t13-/m1/s1. The molecule has 0 bridgehead atoms. The van der Waals surface area contributed by atoms with E-state index < -0.39 is 17.4 Å². The second kappa shape index (κ2) is 4.99. The number of benzene rings is 1. The summed E-state index contributed by atoms with van der Waals surface area (Å²) in [5.74, 6) is -1.95. The first-order chi connectivity index (χ1) is 7.92. The van der Waals surface area contributed by atoms with Crippen molar-refractivity contribution < 1.29 is 19.4 Å². The van der Waals surface area contributed by atoms with Crippen LogP contribution < -0.4 is 0 Å². The molecule has 0 saturated heterocycles. The fourth-order valence-electron chi connectivity index (χ4n) is 1.49. The van der Waals surface area contributed by atoms with Crippen LogP contribution in [0.1, 0.15) is 25.0 Å². The highest BCUT2D eigenvalue weighted by Crippen LogP contribution is 2.26. The van der Waals surface area contributed by atoms with Gasteiger partial charge in [-0.1, -0.05) is 29.8 Å². The minimum absolute atomic E-state index is 0.160. The van der Waals surface area contributed by atoms with Crippen molar-refractivity contribution in [2.45, 2.75) is 26.2 Å². The van der Waals surface area contributed by atoms with Crippen molar-refractivity contribution in [3.05, 3.63) is 35.4 Å². The average molecular weight is 236 g/mol. The molecular formula is C13H16O4. The zero-order valence-electron chi connectivity index (χ0n) is 10.2. The van der Waals surface area contributed by atoms with Crippen LogP contribution in [-0.4, -0.2) is 23.7 Å². The maximum atomic E-state index is 11.8. The molecule has 1 aromatic carbocycles. The van der Waals surface area contributed by atoms with Gasteiger partial charge in [0, 0.05) is 0 Å². The Balaban J connectivity index is 3.20. The Labute approximate surface area is 100 Å². The lowest BCUT2D eigenvalue weighted by atomic mass is 9.82. The number of aliphatic carboxylic acids is 1. The first-order valence-corrected chi connectivity index (χ1v) is 5.40. The highest BCUT2D eigenvalue weighted by atomic mass is 16.5. The number of carboxylic acid groups (broad SMARTS) is 1. The first kappa shape index (κ1) is 13.2. The minimum Gasteiger partial charge on any atom is -0.480 e. The van der Waals surface area contributed by atoms with Crippen molar-refractivity contribution in [1.82, 2.24) is 0 Å². The molecule has 0 aromatic heterocycles. The predicted octanol–water partition coefficient (Wildman–Crippen LogP) is 1.90. The molecule has 0 heterocycles. The second-order valence-electron chi connectivity index (χ2n) is 4.02. The van der Waals surface area contributed by atoms with Gasteiger partial charge in [0.15, 0.2) is 5.41 Å². The van der Waals surface area contributed by atoms with Crippen LogP contribution in [0.4, 0.5) is 0 Å². The zero-order chi connectivity index (χ0) is 13.1. The van der Waals surface area contributed by atoms with Crippen LogP contribution in [0, 0.1) is 6.92 Å². The molecule has 0 aliphatic rings. The maximum absolute atomic E-state index is 11.8. The van der Waals surface area contributed by atoms with Gasteiger partial charge < -0.3 is 9.84 Å². The molecule has 4 heteroatoms. The third kappa shape index (κ3) is 2.46. The van der Waals surface area contributed by atoms with E-state index in [1.807, 2.05) is 6.92 Å². The average Bonchev–Trinajstić information content (AvgIpc) is 2.29. The number of aryl methyl sites for hydroxylation is 1. The van der Waals surface area contributed by atoms with Gasteiger partial charge in [0.1, 0.15) is 0 Å². The summed E-state index contributed by atoms with van der Waals surface area (Å²) >= 11 is 0. The molecule has 0 unspecified atom stereocenters. The van der Waals surface area contributed by atoms with Gasteiger partial charge in [-0.25, -0.2) is 0 Å². The topological polar surface area (TPSA) is 63.6 Å².